The quantitative estimate of drug-likeness (QED) is 0.607. The van der Waals surface area contributed by atoms with Crippen LogP contribution in [0.3, 0.4) is 0 Å². The highest BCUT2D eigenvalue weighted by molar-refractivity contribution is 5.96. The number of alkyl halides is 2. The summed E-state index contributed by atoms with van der Waals surface area (Å²) in [5.41, 5.74) is 2.56. The molecular formula is C7H7F2N3O2. The van der Waals surface area contributed by atoms with E-state index in [0.29, 0.717) is 0 Å². The number of hydrazone groups is 1. The van der Waals surface area contributed by atoms with E-state index in [-0.39, 0.29) is 17.8 Å². The SMILES string of the molecule is O=C1C=CC2NN=C(OC(F)F)C2N1. The predicted molar refractivity (Wildman–Crippen MR) is 42.5 cm³/mol. The van der Waals surface area contributed by atoms with E-state index in [1.165, 1.54) is 6.08 Å². The Morgan fingerprint density at radius 1 is 1.57 bits per heavy atom. The Hall–Kier alpha value is -1.66. The fraction of sp³-hybridized carbons (Fsp3) is 0.429. The zero-order valence-electron chi connectivity index (χ0n) is 6.91. The average Bonchev–Trinajstić information content (AvgIpc) is 2.47. The van der Waals surface area contributed by atoms with E-state index in [9.17, 15) is 13.6 Å². The van der Waals surface area contributed by atoms with Crippen LogP contribution in [0.2, 0.25) is 0 Å². The molecule has 0 bridgehead atoms. The predicted octanol–water partition coefficient (Wildman–Crippen LogP) is -0.435. The maximum atomic E-state index is 11.9. The molecule has 2 aliphatic heterocycles. The van der Waals surface area contributed by atoms with Crippen molar-refractivity contribution in [3.05, 3.63) is 12.2 Å². The molecule has 0 aromatic carbocycles. The lowest BCUT2D eigenvalue weighted by molar-refractivity contribution is -0.117. The van der Waals surface area contributed by atoms with Gasteiger partial charge < -0.3 is 10.1 Å². The molecule has 0 aliphatic carbocycles. The third kappa shape index (κ3) is 1.52. The molecule has 2 aliphatic rings. The van der Waals surface area contributed by atoms with Gasteiger partial charge >= 0.3 is 6.61 Å². The van der Waals surface area contributed by atoms with Crippen molar-refractivity contribution in [1.29, 1.82) is 0 Å². The molecule has 2 N–H and O–H groups in total. The molecule has 7 heteroatoms. The van der Waals surface area contributed by atoms with Gasteiger partial charge in [0.15, 0.2) is 0 Å². The summed E-state index contributed by atoms with van der Waals surface area (Å²) in [5, 5.41) is 6.01. The molecule has 5 nitrogen and oxygen atoms in total. The van der Waals surface area contributed by atoms with Crippen molar-refractivity contribution in [3.63, 3.8) is 0 Å². The minimum atomic E-state index is -2.93. The molecular weight excluding hydrogens is 196 g/mol. The van der Waals surface area contributed by atoms with Crippen LogP contribution in [0.25, 0.3) is 0 Å². The van der Waals surface area contributed by atoms with Crippen LogP contribution in [0.4, 0.5) is 8.78 Å². The number of carbonyl (C=O) groups excluding carboxylic acids is 1. The van der Waals surface area contributed by atoms with E-state index >= 15 is 0 Å². The summed E-state index contributed by atoms with van der Waals surface area (Å²) in [6.07, 6.45) is 2.86. The van der Waals surface area contributed by atoms with Crippen molar-refractivity contribution in [3.8, 4) is 0 Å². The molecule has 0 fully saturated rings. The van der Waals surface area contributed by atoms with E-state index in [2.05, 4.69) is 20.6 Å². The Bertz CT molecular complexity index is 316. The maximum absolute atomic E-state index is 11.9. The average molecular weight is 203 g/mol. The fourth-order valence-electron chi connectivity index (χ4n) is 1.32. The number of amides is 1. The maximum Gasteiger partial charge on any atom is 0.388 e. The molecule has 0 saturated heterocycles. The Morgan fingerprint density at radius 2 is 2.36 bits per heavy atom. The summed E-state index contributed by atoms with van der Waals surface area (Å²) in [6.45, 7) is -2.93. The highest BCUT2D eigenvalue weighted by Gasteiger charge is 2.36. The van der Waals surface area contributed by atoms with Gasteiger partial charge in [-0.15, -0.1) is 5.10 Å². The smallest absolute Gasteiger partial charge is 0.388 e. The Labute approximate surface area is 77.8 Å². The van der Waals surface area contributed by atoms with Gasteiger partial charge in [-0.3, -0.25) is 10.2 Å². The first-order valence-electron chi connectivity index (χ1n) is 3.93. The second kappa shape index (κ2) is 3.24. The zero-order chi connectivity index (χ0) is 10.1. The molecule has 1 amide bonds. The van der Waals surface area contributed by atoms with Crippen molar-refractivity contribution in [1.82, 2.24) is 10.7 Å². The fourth-order valence-corrected chi connectivity index (χ4v) is 1.32. The Balaban J connectivity index is 2.09. The van der Waals surface area contributed by atoms with Gasteiger partial charge in [-0.2, -0.15) is 8.78 Å². The second-order valence-electron chi connectivity index (χ2n) is 2.83. The lowest BCUT2D eigenvalue weighted by Crippen LogP contribution is -2.50. The largest absolute Gasteiger partial charge is 0.417 e. The minimum absolute atomic E-state index is 0.192. The van der Waals surface area contributed by atoms with Crippen LogP contribution in [-0.2, 0) is 9.53 Å². The molecule has 2 heterocycles. The molecule has 2 atom stereocenters. The van der Waals surface area contributed by atoms with Crippen LogP contribution in [0.1, 0.15) is 0 Å². The number of hydrogen-bond donors (Lipinski definition) is 2. The van der Waals surface area contributed by atoms with E-state index in [4.69, 9.17) is 0 Å². The molecule has 0 saturated carbocycles. The normalized spacial score (nSPS) is 29.4. The third-order valence-corrected chi connectivity index (χ3v) is 1.91. The first-order valence-corrected chi connectivity index (χ1v) is 3.93. The van der Waals surface area contributed by atoms with Crippen LogP contribution in [0.15, 0.2) is 17.3 Å². The van der Waals surface area contributed by atoms with Crippen LogP contribution in [0.5, 0.6) is 0 Å². The van der Waals surface area contributed by atoms with Crippen molar-refractivity contribution in [2.75, 3.05) is 0 Å². The summed E-state index contributed by atoms with van der Waals surface area (Å²) in [7, 11) is 0. The van der Waals surface area contributed by atoms with Crippen molar-refractivity contribution < 1.29 is 18.3 Å². The zero-order valence-corrected chi connectivity index (χ0v) is 6.91. The Kier molecular flexibility index (Phi) is 2.06. The van der Waals surface area contributed by atoms with Gasteiger partial charge in [-0.1, -0.05) is 6.08 Å². The van der Waals surface area contributed by atoms with Crippen LogP contribution in [-0.4, -0.2) is 30.5 Å². The van der Waals surface area contributed by atoms with Crippen LogP contribution < -0.4 is 10.7 Å². The number of nitrogens with one attached hydrogen (secondary N) is 2. The number of nitrogens with zero attached hydrogens (tertiary/aromatic N) is 1. The summed E-state index contributed by atoms with van der Waals surface area (Å²) >= 11 is 0. The number of halogens is 2. The summed E-state index contributed by atoms with van der Waals surface area (Å²) in [4.78, 5) is 10.9. The number of hydrogen-bond acceptors (Lipinski definition) is 4. The van der Waals surface area contributed by atoms with Gasteiger partial charge in [-0.05, 0) is 0 Å². The van der Waals surface area contributed by atoms with Crippen LogP contribution >= 0.6 is 0 Å². The third-order valence-electron chi connectivity index (χ3n) is 1.91. The number of ether oxygens (including phenoxy) is 1. The van der Waals surface area contributed by atoms with Gasteiger partial charge in [0.2, 0.25) is 11.8 Å². The van der Waals surface area contributed by atoms with Gasteiger partial charge in [0.25, 0.3) is 0 Å². The first-order chi connectivity index (χ1) is 6.66. The molecule has 0 aromatic heterocycles. The molecule has 14 heavy (non-hydrogen) atoms. The van der Waals surface area contributed by atoms with Crippen LogP contribution in [0, 0.1) is 0 Å². The number of carbonyl (C=O) groups is 1. The monoisotopic (exact) mass is 203 g/mol. The van der Waals surface area contributed by atoms with E-state index in [1.807, 2.05) is 0 Å². The van der Waals surface area contributed by atoms with E-state index in [0.717, 1.165) is 0 Å². The molecule has 0 spiro atoms. The van der Waals surface area contributed by atoms with Crippen molar-refractivity contribution >= 4 is 11.8 Å². The van der Waals surface area contributed by atoms with Gasteiger partial charge in [0, 0.05) is 6.08 Å². The summed E-state index contributed by atoms with van der Waals surface area (Å²) in [6, 6.07) is -0.942. The van der Waals surface area contributed by atoms with E-state index in [1.54, 1.807) is 6.08 Å². The first kappa shape index (κ1) is 8.92. The molecule has 2 unspecified atom stereocenters. The minimum Gasteiger partial charge on any atom is -0.417 e. The van der Waals surface area contributed by atoms with Gasteiger partial charge in [0.05, 0.1) is 6.04 Å². The van der Waals surface area contributed by atoms with Crippen molar-refractivity contribution in [2.24, 2.45) is 5.10 Å². The highest BCUT2D eigenvalue weighted by Crippen LogP contribution is 2.13. The highest BCUT2D eigenvalue weighted by atomic mass is 19.3. The van der Waals surface area contributed by atoms with Gasteiger partial charge in [0.1, 0.15) is 6.04 Å². The van der Waals surface area contributed by atoms with Gasteiger partial charge in [-0.25, -0.2) is 0 Å². The molecule has 2 rings (SSSR count). The lowest BCUT2D eigenvalue weighted by Gasteiger charge is -2.21. The molecule has 0 aromatic rings. The second-order valence-corrected chi connectivity index (χ2v) is 2.83. The summed E-state index contributed by atoms with van der Waals surface area (Å²) < 4.78 is 27.9. The molecule has 0 radical (unpaired) electrons. The number of rotatable bonds is 1. The number of fused-ring (bicyclic) bond motifs is 1. The topological polar surface area (TPSA) is 62.7 Å². The molecule has 76 valence electrons. The standard InChI is InChI=1S/C7H7F2N3O2/c8-7(9)14-6-5-3(11-12-6)1-2-4(13)10-5/h1-3,5,7,11H,(H,10,13). The lowest BCUT2D eigenvalue weighted by atomic mass is 10.1. The van der Waals surface area contributed by atoms with Crippen molar-refractivity contribution in [2.45, 2.75) is 18.7 Å². The Morgan fingerprint density at radius 3 is 3.07 bits per heavy atom. The van der Waals surface area contributed by atoms with E-state index < -0.39 is 12.7 Å². The summed E-state index contributed by atoms with van der Waals surface area (Å²) in [5.74, 6) is -0.539.